The summed E-state index contributed by atoms with van der Waals surface area (Å²) in [6, 6.07) is 5.31. The Morgan fingerprint density at radius 1 is 1.20 bits per heavy atom. The molecule has 0 amide bonds. The average Bonchev–Trinajstić information content (AvgIpc) is 3.18. The first-order valence-corrected chi connectivity index (χ1v) is 12.3. The molecule has 2 aromatic rings. The minimum Gasteiger partial charge on any atom is -0.326 e. The van der Waals surface area contributed by atoms with Crippen LogP contribution in [0.25, 0.3) is 10.4 Å². The zero-order valence-corrected chi connectivity index (χ0v) is 19.0. The number of aromatic nitrogens is 1. The van der Waals surface area contributed by atoms with Crippen molar-refractivity contribution in [3.8, 4) is 10.4 Å². The number of pyridine rings is 1. The van der Waals surface area contributed by atoms with Crippen molar-refractivity contribution >= 4 is 21.4 Å². The van der Waals surface area contributed by atoms with E-state index in [2.05, 4.69) is 26.6 Å². The molecule has 168 valence electrons. The number of nitrogens with zero attached hydrogens (tertiary/aromatic N) is 2. The number of nitrogens with one attached hydrogen (secondary N) is 2. The van der Waals surface area contributed by atoms with E-state index in [0.29, 0.717) is 22.7 Å². The fourth-order valence-electron chi connectivity index (χ4n) is 3.45. The molecule has 0 bridgehead atoms. The highest BCUT2D eigenvalue weighted by molar-refractivity contribution is 7.91. The van der Waals surface area contributed by atoms with Gasteiger partial charge in [-0.15, -0.1) is 11.3 Å². The van der Waals surface area contributed by atoms with Crippen LogP contribution in [-0.4, -0.2) is 69.5 Å². The van der Waals surface area contributed by atoms with Crippen LogP contribution in [0, 0.1) is 6.92 Å². The Morgan fingerprint density at radius 2 is 1.90 bits per heavy atom. The topological polar surface area (TPSA) is 85.5 Å². The van der Waals surface area contributed by atoms with E-state index in [1.807, 2.05) is 26.0 Å². The molecule has 2 N–H and O–H groups in total. The van der Waals surface area contributed by atoms with Crippen LogP contribution < -0.4 is 10.3 Å². The number of hydrogen-bond acceptors (Lipinski definition) is 6. The Hall–Kier alpha value is -1.52. The molecule has 9 heteroatoms. The Bertz CT molecular complexity index is 990. The molecule has 0 atom stereocenters. The van der Waals surface area contributed by atoms with E-state index < -0.39 is 10.0 Å². The van der Waals surface area contributed by atoms with Gasteiger partial charge in [0.1, 0.15) is 4.21 Å². The summed E-state index contributed by atoms with van der Waals surface area (Å²) < 4.78 is 28.3. The van der Waals surface area contributed by atoms with Crippen molar-refractivity contribution in [2.75, 3.05) is 46.3 Å². The summed E-state index contributed by atoms with van der Waals surface area (Å²) in [5, 5.41) is 0. The summed E-state index contributed by atoms with van der Waals surface area (Å²) in [6.45, 7) is 9.30. The van der Waals surface area contributed by atoms with Gasteiger partial charge in [-0.3, -0.25) is 4.79 Å². The first kappa shape index (κ1) is 24.7. The number of H-pyrrole nitrogens is 1. The Balaban J connectivity index is 0.00000320. The van der Waals surface area contributed by atoms with Crippen LogP contribution in [0.15, 0.2) is 27.2 Å². The van der Waals surface area contributed by atoms with E-state index in [0.717, 1.165) is 55.3 Å². The highest BCUT2D eigenvalue weighted by atomic mass is 32.2. The van der Waals surface area contributed by atoms with E-state index in [-0.39, 0.29) is 13.0 Å². The molecule has 1 saturated heterocycles. The molecule has 1 fully saturated rings. The summed E-state index contributed by atoms with van der Waals surface area (Å²) in [5.74, 6) is 0. The molecule has 2 aromatic heterocycles. The van der Waals surface area contributed by atoms with Gasteiger partial charge in [0, 0.05) is 54.4 Å². The van der Waals surface area contributed by atoms with Crippen LogP contribution in [-0.2, 0) is 16.4 Å². The number of aryl methyl sites for hydroxylation is 2. The number of rotatable bonds is 8. The molecule has 1 aliphatic heterocycles. The second kappa shape index (κ2) is 10.7. The maximum atomic E-state index is 12.7. The molecule has 30 heavy (non-hydrogen) atoms. The van der Waals surface area contributed by atoms with Gasteiger partial charge in [0.05, 0.1) is 0 Å². The van der Waals surface area contributed by atoms with E-state index in [9.17, 15) is 13.2 Å². The average molecular weight is 455 g/mol. The zero-order valence-electron chi connectivity index (χ0n) is 17.3. The first-order valence-electron chi connectivity index (χ1n) is 10.0. The lowest BCUT2D eigenvalue weighted by Crippen LogP contribution is -2.45. The Labute approximate surface area is 184 Å². The lowest BCUT2D eigenvalue weighted by molar-refractivity contribution is 0.153. The van der Waals surface area contributed by atoms with Crippen LogP contribution in [0.3, 0.4) is 0 Å². The van der Waals surface area contributed by atoms with Crippen LogP contribution in [0.2, 0.25) is 0 Å². The van der Waals surface area contributed by atoms with E-state index in [1.165, 1.54) is 11.3 Å². The van der Waals surface area contributed by atoms with Crippen molar-refractivity contribution < 1.29 is 8.42 Å². The highest BCUT2D eigenvalue weighted by Gasteiger charge is 2.19. The molecule has 3 rings (SSSR count). The molecule has 0 aromatic carbocycles. The van der Waals surface area contributed by atoms with Crippen LogP contribution in [0.5, 0.6) is 0 Å². The summed E-state index contributed by atoms with van der Waals surface area (Å²) in [6.07, 6.45) is 1.42. The van der Waals surface area contributed by atoms with Crippen molar-refractivity contribution in [1.29, 1.82) is 0 Å². The van der Waals surface area contributed by atoms with Gasteiger partial charge in [-0.2, -0.15) is 0 Å². The normalized spacial score (nSPS) is 15.8. The predicted octanol–water partition coefficient (Wildman–Crippen LogP) is 2.53. The van der Waals surface area contributed by atoms with Gasteiger partial charge in [0.15, 0.2) is 0 Å². The van der Waals surface area contributed by atoms with Crippen molar-refractivity contribution in [3.05, 3.63) is 39.8 Å². The summed E-state index contributed by atoms with van der Waals surface area (Å²) >= 11 is 1.23. The summed E-state index contributed by atoms with van der Waals surface area (Å²) in [7, 11) is -1.40. The number of hydrogen-bond donors (Lipinski definition) is 2. The quantitative estimate of drug-likeness (QED) is 0.599. The third-order valence-electron chi connectivity index (χ3n) is 5.35. The third kappa shape index (κ3) is 6.01. The summed E-state index contributed by atoms with van der Waals surface area (Å²) in [4.78, 5) is 20.3. The Kier molecular flexibility index (Phi) is 8.81. The standard InChI is InChI=1S/C20H30N4O3S2.CH4/c1-4-16-14-17(15(2)22-20(16)25)18-6-7-19(28-18)29(26,27)21-8-5-9-24-12-10-23(3)11-13-24;/h6-7,14,21H,4-5,8-13H2,1-3H3,(H,22,25);1H4. The molecular formula is C21H34N4O3S2. The zero-order chi connectivity index (χ0) is 21.0. The predicted molar refractivity (Wildman–Crippen MR) is 125 cm³/mol. The van der Waals surface area contributed by atoms with E-state index in [4.69, 9.17) is 0 Å². The van der Waals surface area contributed by atoms with Crippen molar-refractivity contribution in [2.24, 2.45) is 0 Å². The van der Waals surface area contributed by atoms with Gasteiger partial charge >= 0.3 is 0 Å². The van der Waals surface area contributed by atoms with Gasteiger partial charge < -0.3 is 14.8 Å². The molecule has 0 radical (unpaired) electrons. The number of piperazine rings is 1. The lowest BCUT2D eigenvalue weighted by atomic mass is 10.1. The third-order valence-corrected chi connectivity index (χ3v) is 8.42. The number of aromatic amines is 1. The highest BCUT2D eigenvalue weighted by Crippen LogP contribution is 2.32. The van der Waals surface area contributed by atoms with Crippen molar-refractivity contribution in [2.45, 2.75) is 38.3 Å². The minimum absolute atomic E-state index is 0. The molecule has 0 aliphatic carbocycles. The Morgan fingerprint density at radius 3 is 2.57 bits per heavy atom. The van der Waals surface area contributed by atoms with Crippen LogP contribution in [0.4, 0.5) is 0 Å². The largest absolute Gasteiger partial charge is 0.326 e. The summed E-state index contributed by atoms with van der Waals surface area (Å²) in [5.41, 5.74) is 2.24. The van der Waals surface area contributed by atoms with Crippen molar-refractivity contribution in [1.82, 2.24) is 19.5 Å². The second-order valence-corrected chi connectivity index (χ2v) is 10.6. The molecule has 0 unspecified atom stereocenters. The van der Waals surface area contributed by atoms with Gasteiger partial charge in [-0.25, -0.2) is 13.1 Å². The number of thiophene rings is 1. The minimum atomic E-state index is -3.53. The monoisotopic (exact) mass is 454 g/mol. The smallest absolute Gasteiger partial charge is 0.251 e. The molecular weight excluding hydrogens is 420 g/mol. The SMILES string of the molecule is C.CCc1cc(-c2ccc(S(=O)(=O)NCCCN3CCN(C)CC3)s2)c(C)[nH]c1=O. The molecule has 1 aliphatic rings. The van der Waals surface area contributed by atoms with Gasteiger partial charge in [0.25, 0.3) is 5.56 Å². The van der Waals surface area contributed by atoms with Crippen LogP contribution in [0.1, 0.15) is 32.0 Å². The van der Waals surface area contributed by atoms with Gasteiger partial charge in [-0.1, -0.05) is 14.4 Å². The maximum absolute atomic E-state index is 12.7. The second-order valence-electron chi connectivity index (χ2n) is 7.53. The van der Waals surface area contributed by atoms with E-state index >= 15 is 0 Å². The van der Waals surface area contributed by atoms with Gasteiger partial charge in [0.2, 0.25) is 10.0 Å². The van der Waals surface area contributed by atoms with Gasteiger partial charge in [-0.05, 0) is 51.6 Å². The first-order chi connectivity index (χ1) is 13.8. The fraction of sp³-hybridized carbons (Fsp3) is 0.571. The molecule has 0 saturated carbocycles. The number of likely N-dealkylation sites (N-methyl/N-ethyl adjacent to an activating group) is 1. The molecule has 3 heterocycles. The molecule has 0 spiro atoms. The maximum Gasteiger partial charge on any atom is 0.251 e. The lowest BCUT2D eigenvalue weighted by Gasteiger charge is -2.32. The fourth-order valence-corrected chi connectivity index (χ4v) is 5.94. The van der Waals surface area contributed by atoms with E-state index in [1.54, 1.807) is 6.07 Å². The van der Waals surface area contributed by atoms with Crippen LogP contribution >= 0.6 is 11.3 Å². The number of sulfonamides is 1. The molecule has 7 nitrogen and oxygen atoms in total. The van der Waals surface area contributed by atoms with Crippen molar-refractivity contribution in [3.63, 3.8) is 0 Å².